The number of ether oxygens (including phenoxy) is 1. The normalized spacial score (nSPS) is 16.6. The van der Waals surface area contributed by atoms with Crippen molar-refractivity contribution in [3.05, 3.63) is 71.2 Å². The lowest BCUT2D eigenvalue weighted by molar-refractivity contribution is 0.159. The molecule has 1 aromatic heterocycles. The van der Waals surface area contributed by atoms with Crippen molar-refractivity contribution >= 4 is 17.5 Å². The van der Waals surface area contributed by atoms with Crippen molar-refractivity contribution < 1.29 is 13.9 Å². The third-order valence-electron chi connectivity index (χ3n) is 7.03. The molecule has 2 amide bonds. The summed E-state index contributed by atoms with van der Waals surface area (Å²) in [4.78, 5) is 19.7. The molecule has 3 aromatic rings. The Balaban J connectivity index is 1.37. The summed E-state index contributed by atoms with van der Waals surface area (Å²) in [6.45, 7) is 8.28. The van der Waals surface area contributed by atoms with Gasteiger partial charge >= 0.3 is 6.03 Å². The van der Waals surface area contributed by atoms with Gasteiger partial charge in [-0.1, -0.05) is 30.3 Å². The molecule has 0 N–H and O–H groups in total. The quantitative estimate of drug-likeness (QED) is 0.472. The first kappa shape index (κ1) is 24.2. The third-order valence-corrected chi connectivity index (χ3v) is 7.03. The first-order chi connectivity index (χ1) is 17.3. The molecule has 0 unspecified atom stereocenters. The van der Waals surface area contributed by atoms with Gasteiger partial charge in [0, 0.05) is 43.5 Å². The number of hydrogen-bond donors (Lipinski definition) is 0. The van der Waals surface area contributed by atoms with Crippen LogP contribution in [0.2, 0.25) is 0 Å². The molecular formula is C28H34FN5O2. The molecule has 7 nitrogen and oxygen atoms in total. The van der Waals surface area contributed by atoms with Crippen LogP contribution < -0.4 is 14.5 Å². The van der Waals surface area contributed by atoms with Crippen molar-refractivity contribution in [2.45, 2.75) is 58.8 Å². The highest BCUT2D eigenvalue weighted by Crippen LogP contribution is 2.35. The Bertz CT molecular complexity index is 1230. The molecule has 190 valence electrons. The number of benzene rings is 2. The number of amides is 2. The van der Waals surface area contributed by atoms with Crippen LogP contribution in [0, 0.1) is 12.7 Å². The van der Waals surface area contributed by atoms with Gasteiger partial charge in [-0.3, -0.25) is 9.58 Å². The fraction of sp³-hybridized carbons (Fsp3) is 0.429. The second-order valence-corrected chi connectivity index (χ2v) is 10.0. The number of aryl methyl sites for hydroxylation is 2. The lowest BCUT2D eigenvalue weighted by atomic mass is 10.00. The monoisotopic (exact) mass is 491 g/mol. The molecule has 0 saturated carbocycles. The minimum Gasteiger partial charge on any atom is -0.491 e. The van der Waals surface area contributed by atoms with E-state index in [0.717, 1.165) is 35.3 Å². The number of urea groups is 1. The first-order valence-corrected chi connectivity index (χ1v) is 12.7. The highest BCUT2D eigenvalue weighted by Gasteiger charge is 2.38. The molecule has 36 heavy (non-hydrogen) atoms. The zero-order valence-corrected chi connectivity index (χ0v) is 21.4. The summed E-state index contributed by atoms with van der Waals surface area (Å²) in [5.74, 6) is 1.30. The number of nitrogens with zero attached hydrogens (tertiary/aromatic N) is 5. The number of para-hydroxylation sites is 2. The van der Waals surface area contributed by atoms with Gasteiger partial charge < -0.3 is 14.5 Å². The Morgan fingerprint density at radius 3 is 2.58 bits per heavy atom. The Hall–Kier alpha value is -3.55. The van der Waals surface area contributed by atoms with Crippen LogP contribution in [0.1, 0.15) is 43.4 Å². The van der Waals surface area contributed by atoms with Crippen LogP contribution in [0.5, 0.6) is 5.75 Å². The van der Waals surface area contributed by atoms with Gasteiger partial charge in [0.1, 0.15) is 11.6 Å². The van der Waals surface area contributed by atoms with Crippen molar-refractivity contribution in [1.29, 1.82) is 0 Å². The summed E-state index contributed by atoms with van der Waals surface area (Å²) in [7, 11) is 1.89. The van der Waals surface area contributed by atoms with Gasteiger partial charge in [-0.2, -0.15) is 5.10 Å². The van der Waals surface area contributed by atoms with E-state index in [0.29, 0.717) is 37.7 Å². The van der Waals surface area contributed by atoms with Crippen molar-refractivity contribution in [2.24, 2.45) is 7.05 Å². The maximum atomic E-state index is 14.6. The zero-order valence-electron chi connectivity index (χ0n) is 21.4. The summed E-state index contributed by atoms with van der Waals surface area (Å²) in [5, 5.41) is 4.62. The van der Waals surface area contributed by atoms with Gasteiger partial charge in [0.05, 0.1) is 24.9 Å². The molecule has 8 heteroatoms. The van der Waals surface area contributed by atoms with Crippen LogP contribution >= 0.6 is 0 Å². The summed E-state index contributed by atoms with van der Waals surface area (Å²) < 4.78 is 22.3. The largest absolute Gasteiger partial charge is 0.491 e. The van der Waals surface area contributed by atoms with E-state index in [1.165, 1.54) is 6.07 Å². The average molecular weight is 492 g/mol. The van der Waals surface area contributed by atoms with Crippen molar-refractivity contribution in [1.82, 2.24) is 14.7 Å². The molecule has 3 heterocycles. The van der Waals surface area contributed by atoms with E-state index in [1.54, 1.807) is 15.6 Å². The molecule has 0 bridgehead atoms. The van der Waals surface area contributed by atoms with E-state index in [2.05, 4.69) is 10.00 Å². The maximum absolute atomic E-state index is 14.6. The topological polar surface area (TPSA) is 53.8 Å². The molecule has 0 aliphatic carbocycles. The summed E-state index contributed by atoms with van der Waals surface area (Å²) in [6, 6.07) is 13.1. The maximum Gasteiger partial charge on any atom is 0.326 e. The number of rotatable bonds is 6. The molecular weight excluding hydrogens is 457 g/mol. The molecule has 5 rings (SSSR count). The third kappa shape index (κ3) is 4.64. The minimum absolute atomic E-state index is 0.0355. The predicted molar refractivity (Wildman–Crippen MR) is 139 cm³/mol. The molecule has 0 radical (unpaired) electrons. The Kier molecular flexibility index (Phi) is 6.60. The van der Waals surface area contributed by atoms with Gasteiger partial charge in [0.25, 0.3) is 0 Å². The lowest BCUT2D eigenvalue weighted by Gasteiger charge is -2.43. The number of carbonyl (C=O) groups is 1. The minimum atomic E-state index is -0.184. The van der Waals surface area contributed by atoms with E-state index in [-0.39, 0.29) is 24.0 Å². The first-order valence-electron chi connectivity index (χ1n) is 12.7. The zero-order chi connectivity index (χ0) is 25.4. The van der Waals surface area contributed by atoms with Crippen LogP contribution in [-0.4, -0.2) is 45.9 Å². The molecule has 2 aliphatic rings. The van der Waals surface area contributed by atoms with Gasteiger partial charge in [-0.15, -0.1) is 0 Å². The summed E-state index contributed by atoms with van der Waals surface area (Å²) in [6.07, 6.45) is 3.61. The smallest absolute Gasteiger partial charge is 0.326 e. The molecule has 1 saturated heterocycles. The fourth-order valence-electron chi connectivity index (χ4n) is 5.39. The van der Waals surface area contributed by atoms with Crippen LogP contribution in [0.3, 0.4) is 0 Å². The van der Waals surface area contributed by atoms with Crippen molar-refractivity contribution in [3.8, 4) is 5.75 Å². The van der Waals surface area contributed by atoms with E-state index >= 15 is 0 Å². The Labute approximate surface area is 212 Å². The lowest BCUT2D eigenvalue weighted by Crippen LogP contribution is -2.54. The molecule has 1 fully saturated rings. The molecule has 2 aliphatic heterocycles. The number of carbonyl (C=O) groups excluding carboxylic acids is 1. The fourth-order valence-corrected chi connectivity index (χ4v) is 5.39. The second-order valence-electron chi connectivity index (χ2n) is 10.0. The van der Waals surface area contributed by atoms with Gasteiger partial charge in [-0.25, -0.2) is 9.18 Å². The SMILES string of the molecule is Cc1cccc(F)c1N1CCC(N2Cc3cn(C)nc3N(Cc3ccccc3OC(C)C)C2=O)CC1. The summed E-state index contributed by atoms with van der Waals surface area (Å²) >= 11 is 0. The van der Waals surface area contributed by atoms with Crippen molar-refractivity contribution in [2.75, 3.05) is 22.9 Å². The number of anilines is 2. The van der Waals surface area contributed by atoms with E-state index < -0.39 is 0 Å². The second kappa shape index (κ2) is 9.84. The van der Waals surface area contributed by atoms with Crippen LogP contribution in [0.4, 0.5) is 20.7 Å². The number of aromatic nitrogens is 2. The van der Waals surface area contributed by atoms with Crippen molar-refractivity contribution in [3.63, 3.8) is 0 Å². The standard InChI is InChI=1S/C28H34FN5O2/c1-19(2)36-25-11-6-5-9-21(25)17-34-27-22(16-31(4)30-27)18-33(28(34)35)23-12-14-32(15-13-23)26-20(3)8-7-10-24(26)29/h5-11,16,19,23H,12-15,17-18H2,1-4H3. The highest BCUT2D eigenvalue weighted by molar-refractivity contribution is 5.94. The van der Waals surface area contributed by atoms with E-state index in [4.69, 9.17) is 4.74 Å². The van der Waals surface area contributed by atoms with Gasteiger partial charge in [0.2, 0.25) is 0 Å². The molecule has 0 atom stereocenters. The molecule has 2 aromatic carbocycles. The predicted octanol–water partition coefficient (Wildman–Crippen LogP) is 5.27. The van der Waals surface area contributed by atoms with E-state index in [1.807, 2.05) is 69.2 Å². The number of hydrogen-bond acceptors (Lipinski definition) is 4. The number of fused-ring (bicyclic) bond motifs is 1. The number of halogens is 1. The summed E-state index contributed by atoms with van der Waals surface area (Å²) in [5.41, 5.74) is 3.60. The number of piperidine rings is 1. The Morgan fingerprint density at radius 2 is 1.86 bits per heavy atom. The van der Waals surface area contributed by atoms with E-state index in [9.17, 15) is 9.18 Å². The van der Waals surface area contributed by atoms with Gasteiger partial charge in [-0.05, 0) is 51.3 Å². The average Bonchev–Trinajstić information content (AvgIpc) is 3.22. The van der Waals surface area contributed by atoms with Crippen LogP contribution in [-0.2, 0) is 20.1 Å². The highest BCUT2D eigenvalue weighted by atomic mass is 19.1. The van der Waals surface area contributed by atoms with Gasteiger partial charge in [0.15, 0.2) is 5.82 Å². The van der Waals surface area contributed by atoms with Crippen LogP contribution in [0.15, 0.2) is 48.7 Å². The van der Waals surface area contributed by atoms with Crippen LogP contribution in [0.25, 0.3) is 0 Å². The molecule has 0 spiro atoms. The Morgan fingerprint density at radius 1 is 1.11 bits per heavy atom.